The molecule has 0 bridgehead atoms. The molecule has 0 fully saturated rings. The number of nitrogen functional groups attached to an aromatic ring is 1. The Bertz CT molecular complexity index is 744. The molecule has 21 heavy (non-hydrogen) atoms. The first-order chi connectivity index (χ1) is 9.92. The summed E-state index contributed by atoms with van der Waals surface area (Å²) in [4.78, 5) is -0.0626. The predicted octanol–water partition coefficient (Wildman–Crippen LogP) is 2.78. The van der Waals surface area contributed by atoms with Crippen LogP contribution in [-0.4, -0.2) is 15.0 Å². The number of benzene rings is 2. The van der Waals surface area contributed by atoms with Gasteiger partial charge in [0.15, 0.2) is 9.84 Å². The third-order valence-electron chi connectivity index (χ3n) is 2.89. The van der Waals surface area contributed by atoms with Gasteiger partial charge in [0.2, 0.25) is 0 Å². The van der Waals surface area contributed by atoms with E-state index in [1.165, 1.54) is 18.2 Å². The minimum absolute atomic E-state index is 0.0626. The molecule has 6 heteroatoms. The summed E-state index contributed by atoms with van der Waals surface area (Å²) < 4.78 is 43.3. The van der Waals surface area contributed by atoms with Crippen molar-refractivity contribution < 1.29 is 17.5 Å². The Morgan fingerprint density at radius 3 is 2.62 bits per heavy atom. The van der Waals surface area contributed by atoms with Crippen molar-refractivity contribution >= 4 is 15.5 Å². The molecule has 0 radical (unpaired) electrons. The smallest absolute Gasteiger partial charge is 0.182 e. The van der Waals surface area contributed by atoms with E-state index in [2.05, 4.69) is 0 Å². The summed E-state index contributed by atoms with van der Waals surface area (Å²) in [6.07, 6.45) is 0. The maximum Gasteiger partial charge on any atom is 0.182 e. The van der Waals surface area contributed by atoms with Gasteiger partial charge in [0.05, 0.1) is 17.3 Å². The van der Waals surface area contributed by atoms with Gasteiger partial charge in [0.1, 0.15) is 11.6 Å². The van der Waals surface area contributed by atoms with Gasteiger partial charge in [-0.25, -0.2) is 12.8 Å². The molecule has 2 aromatic carbocycles. The van der Waals surface area contributed by atoms with Crippen molar-refractivity contribution in [3.05, 3.63) is 53.8 Å². The van der Waals surface area contributed by atoms with Crippen molar-refractivity contribution in [3.8, 4) is 5.75 Å². The number of sulfone groups is 1. The number of halogens is 1. The van der Waals surface area contributed by atoms with Gasteiger partial charge in [-0.3, -0.25) is 0 Å². The molecular formula is C15H16FNO3S. The molecule has 0 unspecified atom stereocenters. The van der Waals surface area contributed by atoms with Crippen LogP contribution in [0.15, 0.2) is 47.4 Å². The van der Waals surface area contributed by atoms with Gasteiger partial charge in [-0.15, -0.1) is 0 Å². The molecule has 0 amide bonds. The summed E-state index contributed by atoms with van der Waals surface area (Å²) >= 11 is 0. The fraction of sp³-hybridized carbons (Fsp3) is 0.200. The van der Waals surface area contributed by atoms with E-state index >= 15 is 0 Å². The molecule has 0 aromatic heterocycles. The molecule has 0 saturated heterocycles. The summed E-state index contributed by atoms with van der Waals surface area (Å²) in [6, 6.07) is 9.77. The first-order valence-electron chi connectivity index (χ1n) is 6.42. The Morgan fingerprint density at radius 1 is 1.19 bits per heavy atom. The van der Waals surface area contributed by atoms with Crippen LogP contribution in [0.1, 0.15) is 12.5 Å². The van der Waals surface area contributed by atoms with Gasteiger partial charge in [0.25, 0.3) is 0 Å². The molecule has 0 spiro atoms. The van der Waals surface area contributed by atoms with E-state index in [0.717, 1.165) is 6.07 Å². The molecule has 0 saturated carbocycles. The van der Waals surface area contributed by atoms with Crippen molar-refractivity contribution in [2.75, 3.05) is 12.3 Å². The third-order valence-corrected chi connectivity index (χ3v) is 4.55. The minimum Gasteiger partial charge on any atom is -0.494 e. The highest BCUT2D eigenvalue weighted by Gasteiger charge is 2.18. The van der Waals surface area contributed by atoms with Crippen molar-refractivity contribution in [1.29, 1.82) is 0 Å². The van der Waals surface area contributed by atoms with Gasteiger partial charge in [0, 0.05) is 11.3 Å². The van der Waals surface area contributed by atoms with Crippen LogP contribution < -0.4 is 10.5 Å². The monoisotopic (exact) mass is 309 g/mol. The summed E-state index contributed by atoms with van der Waals surface area (Å²) in [5.41, 5.74) is 6.60. The van der Waals surface area contributed by atoms with E-state index in [9.17, 15) is 12.8 Å². The van der Waals surface area contributed by atoms with Gasteiger partial charge in [-0.1, -0.05) is 6.07 Å². The quantitative estimate of drug-likeness (QED) is 0.862. The number of ether oxygens (including phenoxy) is 1. The van der Waals surface area contributed by atoms with Crippen molar-refractivity contribution in [3.63, 3.8) is 0 Å². The summed E-state index contributed by atoms with van der Waals surface area (Å²) in [7, 11) is -3.67. The van der Waals surface area contributed by atoms with Crippen LogP contribution in [0.5, 0.6) is 5.75 Å². The summed E-state index contributed by atoms with van der Waals surface area (Å²) in [5.74, 6) is -0.419. The van der Waals surface area contributed by atoms with Gasteiger partial charge >= 0.3 is 0 Å². The second-order valence-electron chi connectivity index (χ2n) is 4.52. The highest BCUT2D eigenvalue weighted by molar-refractivity contribution is 7.90. The molecule has 0 heterocycles. The average Bonchev–Trinajstić information content (AvgIpc) is 2.42. The molecule has 0 aliphatic rings. The normalized spacial score (nSPS) is 11.3. The maximum absolute atomic E-state index is 13.2. The van der Waals surface area contributed by atoms with Crippen LogP contribution >= 0.6 is 0 Å². The molecule has 0 atom stereocenters. The standard InChI is InChI=1S/C15H16FNO3S/c1-2-20-15-7-6-13(17)8-11(15)10-21(18,19)14-5-3-4-12(16)9-14/h3-9H,2,10,17H2,1H3. The Kier molecular flexibility index (Phi) is 4.47. The molecule has 0 aliphatic carbocycles. The van der Waals surface area contributed by atoms with Crippen LogP contribution in [0.2, 0.25) is 0 Å². The average molecular weight is 309 g/mol. The van der Waals surface area contributed by atoms with Gasteiger partial charge < -0.3 is 10.5 Å². The lowest BCUT2D eigenvalue weighted by Gasteiger charge is -2.11. The van der Waals surface area contributed by atoms with Crippen molar-refractivity contribution in [2.45, 2.75) is 17.6 Å². The zero-order valence-electron chi connectivity index (χ0n) is 11.5. The first kappa shape index (κ1) is 15.3. The van der Waals surface area contributed by atoms with E-state index in [1.807, 2.05) is 0 Å². The lowest BCUT2D eigenvalue weighted by Crippen LogP contribution is -2.08. The van der Waals surface area contributed by atoms with Crippen LogP contribution in [0, 0.1) is 5.82 Å². The highest BCUT2D eigenvalue weighted by Crippen LogP contribution is 2.26. The molecule has 2 N–H and O–H groups in total. The fourth-order valence-corrected chi connectivity index (χ4v) is 3.34. The van der Waals surface area contributed by atoms with Gasteiger partial charge in [-0.2, -0.15) is 0 Å². The van der Waals surface area contributed by atoms with E-state index < -0.39 is 15.7 Å². The van der Waals surface area contributed by atoms with Crippen molar-refractivity contribution in [2.24, 2.45) is 0 Å². The number of rotatable bonds is 5. The maximum atomic E-state index is 13.2. The molecule has 112 valence electrons. The number of nitrogens with two attached hydrogens (primary N) is 1. The Balaban J connectivity index is 2.38. The van der Waals surface area contributed by atoms with E-state index in [-0.39, 0.29) is 10.6 Å². The molecule has 2 rings (SSSR count). The predicted molar refractivity (Wildman–Crippen MR) is 79.3 cm³/mol. The van der Waals surface area contributed by atoms with Crippen LogP contribution in [0.3, 0.4) is 0 Å². The molecular weight excluding hydrogens is 293 g/mol. The summed E-state index contributed by atoms with van der Waals surface area (Å²) in [6.45, 7) is 2.22. The number of hydrogen-bond donors (Lipinski definition) is 1. The van der Waals surface area contributed by atoms with E-state index in [1.54, 1.807) is 25.1 Å². The zero-order valence-corrected chi connectivity index (χ0v) is 12.4. The largest absolute Gasteiger partial charge is 0.494 e. The third kappa shape index (κ3) is 3.72. The minimum atomic E-state index is -3.67. The second-order valence-corrected chi connectivity index (χ2v) is 6.51. The van der Waals surface area contributed by atoms with Gasteiger partial charge in [-0.05, 0) is 43.3 Å². The number of hydrogen-bond acceptors (Lipinski definition) is 4. The fourth-order valence-electron chi connectivity index (χ4n) is 1.96. The lowest BCUT2D eigenvalue weighted by molar-refractivity contribution is 0.337. The second kappa shape index (κ2) is 6.13. The van der Waals surface area contributed by atoms with Crippen LogP contribution in [0.25, 0.3) is 0 Å². The first-order valence-corrected chi connectivity index (χ1v) is 8.07. The van der Waals surface area contributed by atoms with E-state index in [4.69, 9.17) is 10.5 Å². The van der Waals surface area contributed by atoms with Crippen molar-refractivity contribution in [1.82, 2.24) is 0 Å². The Labute approximate surface area is 123 Å². The topological polar surface area (TPSA) is 69.4 Å². The summed E-state index contributed by atoms with van der Waals surface area (Å²) in [5, 5.41) is 0. The Morgan fingerprint density at radius 2 is 1.95 bits per heavy atom. The molecule has 4 nitrogen and oxygen atoms in total. The zero-order chi connectivity index (χ0) is 15.5. The Hall–Kier alpha value is -2.08. The molecule has 0 aliphatic heterocycles. The lowest BCUT2D eigenvalue weighted by atomic mass is 10.2. The van der Waals surface area contributed by atoms with E-state index in [0.29, 0.717) is 23.6 Å². The molecule has 2 aromatic rings. The highest BCUT2D eigenvalue weighted by atomic mass is 32.2. The van der Waals surface area contributed by atoms with Crippen LogP contribution in [-0.2, 0) is 15.6 Å². The van der Waals surface area contributed by atoms with Crippen LogP contribution in [0.4, 0.5) is 10.1 Å². The number of anilines is 1. The SMILES string of the molecule is CCOc1ccc(N)cc1CS(=O)(=O)c1cccc(F)c1.